The van der Waals surface area contributed by atoms with Gasteiger partial charge in [0.05, 0.1) is 26.4 Å². The summed E-state index contributed by atoms with van der Waals surface area (Å²) >= 11 is 0. The highest BCUT2D eigenvalue weighted by Gasteiger charge is 2.09. The van der Waals surface area contributed by atoms with Crippen LogP contribution in [0.1, 0.15) is 46.5 Å². The fourth-order valence-corrected chi connectivity index (χ4v) is 1.53. The Morgan fingerprint density at radius 1 is 1.21 bits per heavy atom. The molecular weight excluding hydrogens is 368 g/mol. The first-order valence-corrected chi connectivity index (χ1v) is 9.27. The molecule has 0 aliphatic rings. The molecule has 166 valence electrons. The molecule has 2 atom stereocenters. The summed E-state index contributed by atoms with van der Waals surface area (Å²) in [4.78, 5) is 20.4. The Morgan fingerprint density at radius 2 is 1.79 bits per heavy atom. The number of rotatable bonds is 13. The van der Waals surface area contributed by atoms with Crippen molar-refractivity contribution < 1.29 is 39.1 Å². The van der Waals surface area contributed by atoms with Crippen LogP contribution in [-0.4, -0.2) is 67.1 Å². The molecule has 8 nitrogen and oxygen atoms in total. The minimum Gasteiger partial charge on any atom is -0.478 e. The molecule has 0 fully saturated rings. The van der Waals surface area contributed by atoms with Crippen molar-refractivity contribution in [2.75, 3.05) is 33.5 Å². The molecule has 0 saturated carbocycles. The third-order valence-electron chi connectivity index (χ3n) is 3.28. The number of ether oxygens (including phenoxy) is 3. The SMILES string of the molecule is C=C(C)C(=O)OCC(CC)CCCC.C=CC(=O)O.COC(O)COCCO. The number of carboxylic acids is 1. The van der Waals surface area contributed by atoms with Crippen LogP contribution in [0.3, 0.4) is 0 Å². The molecule has 8 heteroatoms. The zero-order valence-corrected chi connectivity index (χ0v) is 17.7. The van der Waals surface area contributed by atoms with Crippen LogP contribution in [0.5, 0.6) is 0 Å². The molecule has 0 saturated heterocycles. The van der Waals surface area contributed by atoms with E-state index in [4.69, 9.17) is 24.8 Å². The van der Waals surface area contributed by atoms with Crippen LogP contribution >= 0.6 is 0 Å². The lowest BCUT2D eigenvalue weighted by Crippen LogP contribution is -2.18. The van der Waals surface area contributed by atoms with Gasteiger partial charge >= 0.3 is 11.9 Å². The molecule has 0 bridgehead atoms. The van der Waals surface area contributed by atoms with Crippen LogP contribution in [-0.2, 0) is 23.8 Å². The Kier molecular flexibility index (Phi) is 25.8. The molecule has 0 radical (unpaired) electrons. The van der Waals surface area contributed by atoms with Crippen LogP contribution < -0.4 is 0 Å². The Labute approximate surface area is 168 Å². The number of hydrogen-bond acceptors (Lipinski definition) is 7. The summed E-state index contributed by atoms with van der Waals surface area (Å²) < 4.78 is 14.3. The Hall–Kier alpha value is -1.74. The lowest BCUT2D eigenvalue weighted by Gasteiger charge is -2.14. The van der Waals surface area contributed by atoms with Gasteiger partial charge in [-0.2, -0.15) is 0 Å². The van der Waals surface area contributed by atoms with Crippen LogP contribution in [0, 0.1) is 5.92 Å². The summed E-state index contributed by atoms with van der Waals surface area (Å²) in [5.41, 5.74) is 0.482. The van der Waals surface area contributed by atoms with E-state index in [1.807, 2.05) is 0 Å². The predicted octanol–water partition coefficient (Wildman–Crippen LogP) is 2.54. The molecule has 28 heavy (non-hydrogen) atoms. The van der Waals surface area contributed by atoms with Gasteiger partial charge in [0.1, 0.15) is 0 Å². The van der Waals surface area contributed by atoms with E-state index in [2.05, 4.69) is 31.7 Å². The second kappa shape index (κ2) is 23.3. The first-order chi connectivity index (χ1) is 13.2. The standard InChI is InChI=1S/C12H22O2.C5H12O4.C3H4O2/c1-5-7-8-11(6-2)9-14-12(13)10(3)4;1-8-5(7)4-9-3-2-6;1-2-3(4)5/h11H,3,5-9H2,1-2,4H3;5-7H,2-4H2,1H3;2H,1H2,(H,4,5). The number of methoxy groups -OCH3 is 1. The van der Waals surface area contributed by atoms with E-state index in [1.165, 1.54) is 20.0 Å². The lowest BCUT2D eigenvalue weighted by atomic mass is 10.0. The van der Waals surface area contributed by atoms with Crippen molar-refractivity contribution in [2.45, 2.75) is 52.7 Å². The van der Waals surface area contributed by atoms with Gasteiger partial charge in [0.15, 0.2) is 6.29 Å². The van der Waals surface area contributed by atoms with Gasteiger partial charge in [-0.1, -0.05) is 46.3 Å². The molecule has 0 spiro atoms. The largest absolute Gasteiger partial charge is 0.478 e. The van der Waals surface area contributed by atoms with E-state index in [0.717, 1.165) is 18.9 Å². The smallest absolute Gasteiger partial charge is 0.333 e. The molecule has 0 aromatic carbocycles. The first kappa shape index (κ1) is 31.0. The number of unbranched alkanes of at least 4 members (excludes halogenated alkanes) is 1. The molecule has 0 aliphatic heterocycles. The summed E-state index contributed by atoms with van der Waals surface area (Å²) in [6.45, 7) is 13.3. The summed E-state index contributed by atoms with van der Waals surface area (Å²) in [5.74, 6) is -0.733. The number of esters is 1. The van der Waals surface area contributed by atoms with Crippen molar-refractivity contribution in [3.05, 3.63) is 24.8 Å². The zero-order valence-electron chi connectivity index (χ0n) is 17.7. The zero-order chi connectivity index (χ0) is 22.4. The summed E-state index contributed by atoms with van der Waals surface area (Å²) in [5, 5.41) is 24.5. The average Bonchev–Trinajstić information content (AvgIpc) is 2.68. The molecule has 0 aromatic heterocycles. The highest BCUT2D eigenvalue weighted by molar-refractivity contribution is 5.86. The average molecular weight is 407 g/mol. The molecular formula is C20H38O8. The van der Waals surface area contributed by atoms with Crippen LogP contribution in [0.4, 0.5) is 0 Å². The minimum atomic E-state index is -0.981. The van der Waals surface area contributed by atoms with Crippen molar-refractivity contribution in [1.82, 2.24) is 0 Å². The highest BCUT2D eigenvalue weighted by atomic mass is 16.6. The molecule has 0 amide bonds. The van der Waals surface area contributed by atoms with E-state index in [-0.39, 0.29) is 25.8 Å². The summed E-state index contributed by atoms with van der Waals surface area (Å²) in [7, 11) is 1.38. The first-order valence-electron chi connectivity index (χ1n) is 9.27. The summed E-state index contributed by atoms with van der Waals surface area (Å²) in [6.07, 6.45) is 4.59. The number of carboxylic acid groups (broad SMARTS) is 1. The molecule has 0 rings (SSSR count). The Balaban J connectivity index is -0.000000381. The Morgan fingerprint density at radius 3 is 2.14 bits per heavy atom. The maximum Gasteiger partial charge on any atom is 0.333 e. The number of aliphatic hydroxyl groups is 2. The third kappa shape index (κ3) is 26.5. The second-order valence-electron chi connectivity index (χ2n) is 5.83. The normalized spacial score (nSPS) is 11.6. The van der Waals surface area contributed by atoms with E-state index in [1.54, 1.807) is 6.92 Å². The van der Waals surface area contributed by atoms with E-state index < -0.39 is 12.3 Å². The maximum absolute atomic E-state index is 11.1. The van der Waals surface area contributed by atoms with Gasteiger partial charge in [-0.25, -0.2) is 9.59 Å². The van der Waals surface area contributed by atoms with Gasteiger partial charge in [-0.15, -0.1) is 0 Å². The van der Waals surface area contributed by atoms with E-state index in [0.29, 0.717) is 18.1 Å². The van der Waals surface area contributed by atoms with Crippen molar-refractivity contribution >= 4 is 11.9 Å². The molecule has 0 aromatic rings. The van der Waals surface area contributed by atoms with Crippen molar-refractivity contribution in [1.29, 1.82) is 0 Å². The monoisotopic (exact) mass is 406 g/mol. The van der Waals surface area contributed by atoms with Gasteiger partial charge in [-0.05, 0) is 19.3 Å². The number of carbonyl (C=O) groups is 2. The second-order valence-corrected chi connectivity index (χ2v) is 5.83. The maximum atomic E-state index is 11.1. The third-order valence-corrected chi connectivity index (χ3v) is 3.28. The van der Waals surface area contributed by atoms with Crippen LogP contribution in [0.25, 0.3) is 0 Å². The van der Waals surface area contributed by atoms with Crippen molar-refractivity contribution in [2.24, 2.45) is 5.92 Å². The number of aliphatic hydroxyl groups excluding tert-OH is 2. The highest BCUT2D eigenvalue weighted by Crippen LogP contribution is 2.13. The van der Waals surface area contributed by atoms with Gasteiger partial charge in [-0.3, -0.25) is 0 Å². The molecule has 2 unspecified atom stereocenters. The summed E-state index contributed by atoms with van der Waals surface area (Å²) in [6, 6.07) is 0. The Bertz CT molecular complexity index is 409. The minimum absolute atomic E-state index is 0.0313. The van der Waals surface area contributed by atoms with Crippen molar-refractivity contribution in [3.63, 3.8) is 0 Å². The van der Waals surface area contributed by atoms with Crippen LogP contribution in [0.2, 0.25) is 0 Å². The van der Waals surface area contributed by atoms with E-state index >= 15 is 0 Å². The number of hydrogen-bond donors (Lipinski definition) is 3. The molecule has 0 heterocycles. The fourth-order valence-electron chi connectivity index (χ4n) is 1.53. The molecule has 0 aliphatic carbocycles. The fraction of sp³-hybridized carbons (Fsp3) is 0.700. The molecule has 3 N–H and O–H groups in total. The lowest BCUT2D eigenvalue weighted by molar-refractivity contribution is -0.140. The van der Waals surface area contributed by atoms with Gasteiger partial charge in [0, 0.05) is 18.8 Å². The van der Waals surface area contributed by atoms with E-state index in [9.17, 15) is 9.59 Å². The van der Waals surface area contributed by atoms with Gasteiger partial charge in [0.2, 0.25) is 0 Å². The van der Waals surface area contributed by atoms with Crippen molar-refractivity contribution in [3.8, 4) is 0 Å². The van der Waals surface area contributed by atoms with Gasteiger partial charge < -0.3 is 29.5 Å². The topological polar surface area (TPSA) is 123 Å². The number of carbonyl (C=O) groups excluding carboxylic acids is 1. The van der Waals surface area contributed by atoms with Gasteiger partial charge in [0.25, 0.3) is 0 Å². The quantitative estimate of drug-likeness (QED) is 0.185. The van der Waals surface area contributed by atoms with Crippen LogP contribution in [0.15, 0.2) is 24.8 Å². The number of aliphatic carboxylic acids is 1. The predicted molar refractivity (Wildman–Crippen MR) is 108 cm³/mol.